The maximum atomic E-state index is 12.6. The van der Waals surface area contributed by atoms with Crippen LogP contribution in [0.3, 0.4) is 0 Å². The quantitative estimate of drug-likeness (QED) is 0.111. The minimum absolute atomic E-state index is 0.0245. The maximum Gasteiger partial charge on any atom is 0.266 e. The Kier molecular flexibility index (Phi) is 11.1. The highest BCUT2D eigenvalue weighted by molar-refractivity contribution is 8.26. The Labute approximate surface area is 213 Å². The number of carbonyl (C=O) groups is 1. The molecule has 0 saturated carbocycles. The lowest BCUT2D eigenvalue weighted by Gasteiger charge is -2.20. The number of para-hydroxylation sites is 1. The molecule has 0 N–H and O–H groups in total. The zero-order valence-corrected chi connectivity index (χ0v) is 22.2. The van der Waals surface area contributed by atoms with Crippen molar-refractivity contribution in [3.8, 4) is 0 Å². The molecule has 3 nitrogen and oxygen atoms in total. The molecule has 0 aromatic heterocycles. The Morgan fingerprint density at radius 1 is 0.909 bits per heavy atom. The van der Waals surface area contributed by atoms with Crippen molar-refractivity contribution in [1.82, 2.24) is 4.90 Å². The minimum Gasteiger partial charge on any atom is -0.335 e. The lowest BCUT2D eigenvalue weighted by molar-refractivity contribution is -0.121. The van der Waals surface area contributed by atoms with Gasteiger partial charge in [0.2, 0.25) is 0 Å². The largest absolute Gasteiger partial charge is 0.335 e. The number of unbranched alkanes of at least 4 members (excludes halogenated alkanes) is 9. The molecule has 1 fully saturated rings. The average Bonchev–Trinajstić information content (AvgIpc) is 3.30. The summed E-state index contributed by atoms with van der Waals surface area (Å²) in [5, 5.41) is 1.18. The molecule has 0 atom stereocenters. The van der Waals surface area contributed by atoms with Crippen molar-refractivity contribution < 1.29 is 4.79 Å². The summed E-state index contributed by atoms with van der Waals surface area (Å²) in [4.78, 5) is 18.6. The van der Waals surface area contributed by atoms with Crippen LogP contribution in [0.15, 0.2) is 63.9 Å². The van der Waals surface area contributed by atoms with E-state index in [-0.39, 0.29) is 5.91 Å². The summed E-state index contributed by atoms with van der Waals surface area (Å²) in [6, 6.07) is 8.57. The van der Waals surface area contributed by atoms with E-state index in [0.717, 1.165) is 6.54 Å². The number of thioether (sulfide) groups is 2. The average molecular weight is 501 g/mol. The van der Waals surface area contributed by atoms with E-state index in [1.165, 1.54) is 91.6 Å². The number of allylic oxidation sites excluding steroid dienone is 2. The minimum atomic E-state index is -0.0245. The lowest BCUT2D eigenvalue weighted by Crippen LogP contribution is -2.27. The third-order valence-electron chi connectivity index (χ3n) is 5.93. The number of hydrogen-bond donors (Lipinski definition) is 0. The van der Waals surface area contributed by atoms with Gasteiger partial charge < -0.3 is 4.90 Å². The van der Waals surface area contributed by atoms with Crippen LogP contribution in [0.5, 0.6) is 0 Å². The van der Waals surface area contributed by atoms with E-state index in [1.807, 2.05) is 6.08 Å². The van der Waals surface area contributed by atoms with Gasteiger partial charge in [-0.25, -0.2) is 0 Å². The maximum absolute atomic E-state index is 12.6. The summed E-state index contributed by atoms with van der Waals surface area (Å²) in [6.07, 6.45) is 19.1. The molecular formula is C27H36N2OS3. The molecule has 3 rings (SSSR count). The first kappa shape index (κ1) is 26.1. The molecule has 2 aliphatic rings. The van der Waals surface area contributed by atoms with E-state index >= 15 is 0 Å². The van der Waals surface area contributed by atoms with E-state index in [2.05, 4.69) is 48.7 Å². The molecule has 0 spiro atoms. The SMILES string of the molecule is C=CCN1C(=O)C(=CC=C2Sc3ccccc3N2CCCCCCCCCCCC)SC1=S. The lowest BCUT2D eigenvalue weighted by atomic mass is 10.1. The van der Waals surface area contributed by atoms with Crippen molar-refractivity contribution >= 4 is 51.7 Å². The van der Waals surface area contributed by atoms with Gasteiger partial charge in [0.05, 0.1) is 15.6 Å². The summed E-state index contributed by atoms with van der Waals surface area (Å²) in [5.41, 5.74) is 1.28. The van der Waals surface area contributed by atoms with Gasteiger partial charge in [0.1, 0.15) is 4.32 Å². The molecule has 1 aromatic carbocycles. The van der Waals surface area contributed by atoms with Crippen molar-refractivity contribution in [2.75, 3.05) is 18.0 Å². The number of carbonyl (C=O) groups excluding carboxylic acids is 1. The van der Waals surface area contributed by atoms with Gasteiger partial charge >= 0.3 is 0 Å². The van der Waals surface area contributed by atoms with Gasteiger partial charge in [-0.05, 0) is 30.7 Å². The predicted molar refractivity (Wildman–Crippen MR) is 150 cm³/mol. The van der Waals surface area contributed by atoms with Crippen LogP contribution in [-0.4, -0.2) is 28.2 Å². The number of benzene rings is 1. The van der Waals surface area contributed by atoms with Crippen LogP contribution in [0.1, 0.15) is 71.1 Å². The summed E-state index contributed by atoms with van der Waals surface area (Å²) in [6.45, 7) is 7.47. The molecule has 178 valence electrons. The van der Waals surface area contributed by atoms with Gasteiger partial charge in [-0.3, -0.25) is 9.69 Å². The highest BCUT2D eigenvalue weighted by atomic mass is 32.2. The molecule has 33 heavy (non-hydrogen) atoms. The zero-order chi connectivity index (χ0) is 23.5. The van der Waals surface area contributed by atoms with Gasteiger partial charge in [0, 0.05) is 18.0 Å². The molecule has 0 bridgehead atoms. The summed E-state index contributed by atoms with van der Waals surface area (Å²) < 4.78 is 0.606. The standard InChI is InChI=1S/C27H36N2OS3/c1-3-5-6-7-8-9-10-11-12-15-21-28-22-16-13-14-17-23(22)32-25(28)19-18-24-26(30)29(20-4-2)27(31)33-24/h4,13-14,16-19H,2-3,5-12,15,20-21H2,1H3. The molecule has 1 saturated heterocycles. The normalized spacial score (nSPS) is 18.1. The number of rotatable bonds is 14. The van der Waals surface area contributed by atoms with Crippen molar-refractivity contribution in [1.29, 1.82) is 0 Å². The first-order chi connectivity index (χ1) is 16.2. The first-order valence-corrected chi connectivity index (χ1v) is 14.3. The van der Waals surface area contributed by atoms with Crippen LogP contribution in [0.2, 0.25) is 0 Å². The van der Waals surface area contributed by atoms with Crippen molar-refractivity contribution in [3.05, 3.63) is 59.0 Å². The van der Waals surface area contributed by atoms with Crippen LogP contribution < -0.4 is 4.90 Å². The second kappa shape index (κ2) is 14.0. The number of nitrogens with zero attached hydrogens (tertiary/aromatic N) is 2. The Bertz CT molecular complexity index is 893. The molecule has 2 heterocycles. The van der Waals surface area contributed by atoms with Gasteiger partial charge in [0.15, 0.2) is 0 Å². The highest BCUT2D eigenvalue weighted by Crippen LogP contribution is 2.46. The summed E-state index contributed by atoms with van der Waals surface area (Å²) >= 11 is 8.51. The summed E-state index contributed by atoms with van der Waals surface area (Å²) in [7, 11) is 0. The second-order valence-corrected chi connectivity index (χ2v) is 11.2. The fourth-order valence-corrected chi connectivity index (χ4v) is 6.42. The molecule has 0 unspecified atom stereocenters. The van der Waals surface area contributed by atoms with Gasteiger partial charge in [0.25, 0.3) is 5.91 Å². The van der Waals surface area contributed by atoms with E-state index in [0.29, 0.717) is 15.8 Å². The predicted octanol–water partition coefficient (Wildman–Crippen LogP) is 8.29. The first-order valence-electron chi connectivity index (χ1n) is 12.3. The van der Waals surface area contributed by atoms with Crippen LogP contribution >= 0.6 is 35.7 Å². The highest BCUT2D eigenvalue weighted by Gasteiger charge is 2.31. The Morgan fingerprint density at radius 2 is 1.58 bits per heavy atom. The van der Waals surface area contributed by atoms with E-state index in [9.17, 15) is 4.79 Å². The molecular weight excluding hydrogens is 465 g/mol. The van der Waals surface area contributed by atoms with Gasteiger partial charge in [-0.15, -0.1) is 6.58 Å². The van der Waals surface area contributed by atoms with E-state index in [1.54, 1.807) is 22.7 Å². The molecule has 1 aromatic rings. The van der Waals surface area contributed by atoms with E-state index in [4.69, 9.17) is 12.2 Å². The van der Waals surface area contributed by atoms with Gasteiger partial charge in [-0.1, -0.05) is 119 Å². The number of thiocarbonyl (C=S) groups is 1. The van der Waals surface area contributed by atoms with Crippen molar-refractivity contribution in [2.24, 2.45) is 0 Å². The smallest absolute Gasteiger partial charge is 0.266 e. The zero-order valence-electron chi connectivity index (χ0n) is 19.8. The van der Waals surface area contributed by atoms with Crippen LogP contribution in [0, 0.1) is 0 Å². The Hall–Kier alpha value is -1.50. The number of amides is 1. The number of fused-ring (bicyclic) bond motifs is 1. The number of hydrogen-bond acceptors (Lipinski definition) is 5. The van der Waals surface area contributed by atoms with Crippen LogP contribution in [0.4, 0.5) is 5.69 Å². The fraction of sp³-hybridized carbons (Fsp3) is 0.481. The third kappa shape index (κ3) is 7.49. The molecule has 0 radical (unpaired) electrons. The van der Waals surface area contributed by atoms with Crippen LogP contribution in [0.25, 0.3) is 0 Å². The Morgan fingerprint density at radius 3 is 2.27 bits per heavy atom. The van der Waals surface area contributed by atoms with Crippen molar-refractivity contribution in [3.63, 3.8) is 0 Å². The van der Waals surface area contributed by atoms with Crippen LogP contribution in [-0.2, 0) is 4.79 Å². The van der Waals surface area contributed by atoms with E-state index < -0.39 is 0 Å². The number of anilines is 1. The molecule has 1 amide bonds. The second-order valence-electron chi connectivity index (χ2n) is 8.51. The topological polar surface area (TPSA) is 23.6 Å². The molecule has 0 aliphatic carbocycles. The third-order valence-corrected chi connectivity index (χ3v) is 8.46. The monoisotopic (exact) mass is 500 g/mol. The molecule has 2 aliphatic heterocycles. The Balaban J connectivity index is 1.53. The van der Waals surface area contributed by atoms with Gasteiger partial charge in [-0.2, -0.15) is 0 Å². The fourth-order valence-electron chi connectivity index (χ4n) is 4.11. The van der Waals surface area contributed by atoms with Crippen molar-refractivity contribution in [2.45, 2.75) is 76.0 Å². The molecule has 6 heteroatoms. The summed E-state index contributed by atoms with van der Waals surface area (Å²) in [5.74, 6) is -0.0245.